The highest BCUT2D eigenvalue weighted by molar-refractivity contribution is 9.10. The Morgan fingerprint density at radius 1 is 1.40 bits per heavy atom. The summed E-state index contributed by atoms with van der Waals surface area (Å²) >= 11 is 4.49. The van der Waals surface area contributed by atoms with Crippen molar-refractivity contribution in [3.8, 4) is 11.5 Å². The molecule has 1 aliphatic heterocycles. The number of para-hydroxylation sites is 1. The molecule has 1 atom stereocenters. The first-order valence-corrected chi connectivity index (χ1v) is 8.92. The quantitative estimate of drug-likeness (QED) is 0.649. The third-order valence-corrected chi connectivity index (χ3v) is 5.09. The standard InChI is InChI=1S/C17H14BrFN2O3S/c1-24-13-7-9(6-10(18)15(13)22)8-14-16(23)21-17(25-14)20-12-5-3-2-4-11(12)19/h2-8,17,20,22H,1H3,(H,21,23)/b14-8-. The Hall–Kier alpha value is -2.19. The molecule has 1 fully saturated rings. The van der Waals surface area contributed by atoms with E-state index in [0.717, 1.165) is 0 Å². The highest BCUT2D eigenvalue weighted by Crippen LogP contribution is 2.37. The summed E-state index contributed by atoms with van der Waals surface area (Å²) in [6, 6.07) is 9.56. The first-order chi connectivity index (χ1) is 12.0. The maximum atomic E-state index is 13.7. The predicted octanol–water partition coefficient (Wildman–Crippen LogP) is 3.90. The molecule has 0 radical (unpaired) electrons. The number of thioether (sulfide) groups is 1. The lowest BCUT2D eigenvalue weighted by Crippen LogP contribution is -2.31. The largest absolute Gasteiger partial charge is 0.503 e. The number of amides is 1. The normalized spacial score (nSPS) is 18.3. The molecule has 8 heteroatoms. The fourth-order valence-electron chi connectivity index (χ4n) is 2.27. The number of nitrogens with one attached hydrogen (secondary N) is 2. The lowest BCUT2D eigenvalue weighted by Gasteiger charge is -2.13. The number of aromatic hydroxyl groups is 1. The number of methoxy groups -OCH3 is 1. The van der Waals surface area contributed by atoms with Crippen LogP contribution in [0, 0.1) is 5.82 Å². The van der Waals surface area contributed by atoms with E-state index in [0.29, 0.717) is 26.4 Å². The Kier molecular flexibility index (Phi) is 5.19. The molecule has 0 aliphatic carbocycles. The molecule has 1 unspecified atom stereocenters. The van der Waals surface area contributed by atoms with Crippen LogP contribution in [0.2, 0.25) is 0 Å². The summed E-state index contributed by atoms with van der Waals surface area (Å²) in [5.41, 5.74) is 0.527. The summed E-state index contributed by atoms with van der Waals surface area (Å²) in [5.74, 6) is -0.359. The van der Waals surface area contributed by atoms with Crippen molar-refractivity contribution in [3.05, 3.63) is 57.2 Å². The Bertz CT molecular complexity index is 860. The molecule has 5 nitrogen and oxygen atoms in total. The Morgan fingerprint density at radius 2 is 2.16 bits per heavy atom. The number of halogens is 2. The second-order valence-electron chi connectivity index (χ2n) is 5.16. The van der Waals surface area contributed by atoms with E-state index < -0.39 is 5.50 Å². The zero-order valence-corrected chi connectivity index (χ0v) is 15.4. The molecule has 1 amide bonds. The van der Waals surface area contributed by atoms with Gasteiger partial charge in [0.1, 0.15) is 5.82 Å². The van der Waals surface area contributed by atoms with E-state index in [-0.39, 0.29) is 17.5 Å². The number of phenols is 1. The van der Waals surface area contributed by atoms with E-state index >= 15 is 0 Å². The highest BCUT2D eigenvalue weighted by Gasteiger charge is 2.27. The van der Waals surface area contributed by atoms with Gasteiger partial charge < -0.3 is 20.5 Å². The smallest absolute Gasteiger partial charge is 0.260 e. The summed E-state index contributed by atoms with van der Waals surface area (Å²) in [5, 5.41) is 15.5. The molecule has 3 rings (SSSR count). The van der Waals surface area contributed by atoms with Gasteiger partial charge in [0.2, 0.25) is 0 Å². The summed E-state index contributed by atoms with van der Waals surface area (Å²) in [6.45, 7) is 0. The number of hydrogen-bond acceptors (Lipinski definition) is 5. The van der Waals surface area contributed by atoms with E-state index in [2.05, 4.69) is 26.6 Å². The van der Waals surface area contributed by atoms with Gasteiger partial charge in [0.25, 0.3) is 5.91 Å². The van der Waals surface area contributed by atoms with Crippen LogP contribution in [0.1, 0.15) is 5.56 Å². The van der Waals surface area contributed by atoms with Gasteiger partial charge in [-0.05, 0) is 51.8 Å². The van der Waals surface area contributed by atoms with Crippen LogP contribution in [-0.2, 0) is 4.79 Å². The van der Waals surface area contributed by atoms with Crippen LogP contribution < -0.4 is 15.4 Å². The summed E-state index contributed by atoms with van der Waals surface area (Å²) in [6.07, 6.45) is 1.68. The Balaban J connectivity index is 1.80. The molecule has 130 valence electrons. The maximum absolute atomic E-state index is 13.7. The summed E-state index contributed by atoms with van der Waals surface area (Å²) in [7, 11) is 1.45. The number of carbonyl (C=O) groups excluding carboxylic acids is 1. The van der Waals surface area contributed by atoms with E-state index in [1.807, 2.05) is 0 Å². The third kappa shape index (κ3) is 3.91. The molecule has 2 aromatic rings. The van der Waals surface area contributed by atoms with Crippen LogP contribution >= 0.6 is 27.7 Å². The van der Waals surface area contributed by atoms with Crippen molar-refractivity contribution >= 4 is 45.4 Å². The van der Waals surface area contributed by atoms with Gasteiger partial charge in [0.05, 0.1) is 22.2 Å². The lowest BCUT2D eigenvalue weighted by molar-refractivity contribution is -0.116. The van der Waals surface area contributed by atoms with Gasteiger partial charge in [0, 0.05) is 0 Å². The number of carbonyl (C=O) groups is 1. The molecule has 0 saturated carbocycles. The molecule has 1 saturated heterocycles. The molecule has 2 aromatic carbocycles. The first-order valence-electron chi connectivity index (χ1n) is 7.24. The fourth-order valence-corrected chi connectivity index (χ4v) is 3.70. The molecule has 0 spiro atoms. The van der Waals surface area contributed by atoms with Gasteiger partial charge in [-0.15, -0.1) is 0 Å². The SMILES string of the molecule is COc1cc(/C=C2\SC(Nc3ccccc3F)NC2=O)cc(Br)c1O. The molecule has 25 heavy (non-hydrogen) atoms. The van der Waals surface area contributed by atoms with Gasteiger partial charge in [0.15, 0.2) is 17.0 Å². The first kappa shape index (κ1) is 17.6. The monoisotopic (exact) mass is 424 g/mol. The van der Waals surface area contributed by atoms with Crippen molar-refractivity contribution in [2.24, 2.45) is 0 Å². The number of benzene rings is 2. The minimum absolute atomic E-state index is 0.00716. The molecule has 3 N–H and O–H groups in total. The minimum Gasteiger partial charge on any atom is -0.503 e. The van der Waals surface area contributed by atoms with Crippen LogP contribution in [0.5, 0.6) is 11.5 Å². The molecular weight excluding hydrogens is 411 g/mol. The average molecular weight is 425 g/mol. The summed E-state index contributed by atoms with van der Waals surface area (Å²) in [4.78, 5) is 12.6. The highest BCUT2D eigenvalue weighted by atomic mass is 79.9. The molecule has 0 bridgehead atoms. The predicted molar refractivity (Wildman–Crippen MR) is 99.9 cm³/mol. The Labute approximate surface area is 156 Å². The Morgan fingerprint density at radius 3 is 2.88 bits per heavy atom. The third-order valence-electron chi connectivity index (χ3n) is 3.46. The van der Waals surface area contributed by atoms with Crippen molar-refractivity contribution in [1.29, 1.82) is 0 Å². The van der Waals surface area contributed by atoms with E-state index in [9.17, 15) is 14.3 Å². The molecule has 1 aliphatic rings. The van der Waals surface area contributed by atoms with Crippen molar-refractivity contribution in [2.45, 2.75) is 5.50 Å². The zero-order chi connectivity index (χ0) is 18.0. The van der Waals surface area contributed by atoms with Crippen LogP contribution in [-0.4, -0.2) is 23.6 Å². The van der Waals surface area contributed by atoms with Gasteiger partial charge in [-0.25, -0.2) is 4.39 Å². The van der Waals surface area contributed by atoms with Gasteiger partial charge in [-0.1, -0.05) is 23.9 Å². The van der Waals surface area contributed by atoms with E-state index in [4.69, 9.17) is 4.74 Å². The van der Waals surface area contributed by atoms with Gasteiger partial charge in [-0.2, -0.15) is 0 Å². The van der Waals surface area contributed by atoms with Crippen molar-refractivity contribution in [2.75, 3.05) is 12.4 Å². The second-order valence-corrected chi connectivity index (χ2v) is 7.16. The molecular formula is C17H14BrFN2O3S. The maximum Gasteiger partial charge on any atom is 0.260 e. The number of phenolic OH excluding ortho intramolecular Hbond substituents is 1. The van der Waals surface area contributed by atoms with E-state index in [1.54, 1.807) is 36.4 Å². The lowest BCUT2D eigenvalue weighted by atomic mass is 10.2. The second kappa shape index (κ2) is 7.37. The summed E-state index contributed by atoms with van der Waals surface area (Å²) < 4.78 is 19.3. The fraction of sp³-hybridized carbons (Fsp3) is 0.118. The number of anilines is 1. The van der Waals surface area contributed by atoms with Crippen LogP contribution in [0.4, 0.5) is 10.1 Å². The van der Waals surface area contributed by atoms with Crippen LogP contribution in [0.3, 0.4) is 0 Å². The number of hydrogen-bond donors (Lipinski definition) is 3. The van der Waals surface area contributed by atoms with Crippen molar-refractivity contribution < 1.29 is 19.0 Å². The molecule has 0 aromatic heterocycles. The van der Waals surface area contributed by atoms with Crippen LogP contribution in [0.15, 0.2) is 45.8 Å². The van der Waals surface area contributed by atoms with E-state index in [1.165, 1.54) is 24.9 Å². The van der Waals surface area contributed by atoms with Gasteiger partial charge in [-0.3, -0.25) is 4.79 Å². The van der Waals surface area contributed by atoms with Crippen molar-refractivity contribution in [1.82, 2.24) is 5.32 Å². The average Bonchev–Trinajstić information content (AvgIpc) is 2.92. The number of ether oxygens (including phenoxy) is 1. The van der Waals surface area contributed by atoms with Crippen LogP contribution in [0.25, 0.3) is 6.08 Å². The van der Waals surface area contributed by atoms with Crippen molar-refractivity contribution in [3.63, 3.8) is 0 Å². The number of rotatable bonds is 4. The molecule has 1 heterocycles. The topological polar surface area (TPSA) is 70.6 Å². The van der Waals surface area contributed by atoms with Gasteiger partial charge >= 0.3 is 0 Å². The zero-order valence-electron chi connectivity index (χ0n) is 13.0. The minimum atomic E-state index is -0.474.